The van der Waals surface area contributed by atoms with Crippen molar-refractivity contribution < 1.29 is 47.7 Å². The minimum atomic E-state index is -2.01. The number of carbonyl (C=O) groups excluding carboxylic acids is 6. The summed E-state index contributed by atoms with van der Waals surface area (Å²) in [6.45, 7) is 6.58. The second-order valence-corrected chi connectivity index (χ2v) is 19.4. The molecule has 3 aromatic heterocycles. The van der Waals surface area contributed by atoms with Crippen LogP contribution in [0.5, 0.6) is 11.5 Å². The number of aliphatic hydroxyl groups excluding tert-OH is 1. The third kappa shape index (κ3) is 12.5. The Morgan fingerprint density at radius 1 is 1.01 bits per heavy atom. The van der Waals surface area contributed by atoms with E-state index >= 15 is 0 Å². The molecule has 7 rings (SSSR count). The standard InChI is InChI=1S/C48H58FN13O9S/c1-26-40(72-25-54-26)27-13-14-28(21-52-43(66)33-19-29(63)23-62(33)45(68)41(47(2,3)4)57-46(69)48(49)15-16-48)34(18-27)71-17-9-12-36(64)51-22-37(65)56-35-20-32(38(59-58-35)44(67)50-5)55-31-11-8-10-30(39(31)70-7)42-53-24-61(6)60-42/h8,10-11,13-14,18,20,24-25,29,33,41,63H,9,12,15-17,19,21-23H2,1-7H3,(H,50,67)(H,51,64)(H,52,66)(H,57,69)(H2,55,56,58,65)/t29-,33+,41-/m1/s1. The molecule has 2 fully saturated rings. The highest BCUT2D eigenvalue weighted by atomic mass is 32.1. The SMILES string of the molecule is CNC(=O)c1nnc(NC(=O)CNC(=O)CCCOc2cc(-c3scnc3C)ccc2CNC(=O)[C@@H]2C[C@@H](O)CN2C(=O)[C@@H](NC(=O)C2(F)CC2)C(C)(C)C)cc1Nc1cccc(-c2ncn(C)n2)c1OC. The van der Waals surface area contributed by atoms with Crippen LogP contribution in [0.1, 0.15) is 74.6 Å². The molecule has 7 N–H and O–H groups in total. The van der Waals surface area contributed by atoms with E-state index in [4.69, 9.17) is 9.47 Å². The molecule has 0 bridgehead atoms. The van der Waals surface area contributed by atoms with E-state index < -0.39 is 71.3 Å². The molecule has 2 aliphatic rings. The lowest BCUT2D eigenvalue weighted by atomic mass is 9.85. The van der Waals surface area contributed by atoms with Crippen LogP contribution in [0, 0.1) is 12.3 Å². The lowest BCUT2D eigenvalue weighted by Crippen LogP contribution is -2.59. The molecule has 1 aliphatic heterocycles. The summed E-state index contributed by atoms with van der Waals surface area (Å²) in [5.41, 5.74) is 2.26. The number of carbonyl (C=O) groups is 6. The van der Waals surface area contributed by atoms with E-state index in [-0.39, 0.29) is 69.0 Å². The Balaban J connectivity index is 0.946. The zero-order chi connectivity index (χ0) is 51.9. The minimum absolute atomic E-state index is 0.00530. The molecule has 1 aliphatic carbocycles. The monoisotopic (exact) mass is 1010 g/mol. The molecule has 1 saturated carbocycles. The first-order valence-corrected chi connectivity index (χ1v) is 24.0. The number of hydrogen-bond donors (Lipinski definition) is 7. The number of β-amino-alcohol motifs (C(OH)–C–C–N with tert-alkyl or cyclic N) is 1. The molecule has 2 aromatic carbocycles. The second-order valence-electron chi connectivity index (χ2n) is 18.5. The van der Waals surface area contributed by atoms with Crippen LogP contribution in [0.2, 0.25) is 0 Å². The van der Waals surface area contributed by atoms with E-state index in [1.807, 2.05) is 19.1 Å². The van der Waals surface area contributed by atoms with Crippen LogP contribution in [0.4, 0.5) is 21.6 Å². The van der Waals surface area contributed by atoms with E-state index in [9.17, 15) is 38.3 Å². The Bertz CT molecular complexity index is 2850. The molecule has 72 heavy (non-hydrogen) atoms. The fraction of sp³-hybridized carbons (Fsp3) is 0.438. The highest BCUT2D eigenvalue weighted by Crippen LogP contribution is 2.41. The van der Waals surface area contributed by atoms with E-state index in [1.165, 1.54) is 36.5 Å². The van der Waals surface area contributed by atoms with Crippen molar-refractivity contribution in [3.05, 3.63) is 71.3 Å². The van der Waals surface area contributed by atoms with Crippen LogP contribution in [0.3, 0.4) is 0 Å². The van der Waals surface area contributed by atoms with Gasteiger partial charge in [-0.15, -0.1) is 21.5 Å². The molecule has 0 spiro atoms. The van der Waals surface area contributed by atoms with Crippen molar-refractivity contribution in [2.75, 3.05) is 44.5 Å². The maximum atomic E-state index is 14.7. The number of alkyl halides is 1. The molecular weight excluding hydrogens is 954 g/mol. The first-order chi connectivity index (χ1) is 34.3. The summed E-state index contributed by atoms with van der Waals surface area (Å²) >= 11 is 1.45. The number of halogens is 1. The van der Waals surface area contributed by atoms with E-state index in [1.54, 1.807) is 68.6 Å². The Labute approximate surface area is 418 Å². The number of ether oxygens (including phenoxy) is 2. The molecule has 24 heteroatoms. The molecule has 4 heterocycles. The first kappa shape index (κ1) is 52.2. The minimum Gasteiger partial charge on any atom is -0.494 e. The van der Waals surface area contributed by atoms with Gasteiger partial charge in [-0.05, 0) is 55.4 Å². The molecule has 5 aromatic rings. The van der Waals surface area contributed by atoms with Gasteiger partial charge < -0.3 is 51.4 Å². The van der Waals surface area contributed by atoms with Crippen LogP contribution in [0.25, 0.3) is 21.8 Å². The van der Waals surface area contributed by atoms with Gasteiger partial charge in [0.15, 0.2) is 28.8 Å². The third-order valence-corrected chi connectivity index (χ3v) is 12.9. The number of nitrogens with one attached hydrogen (secondary N) is 6. The Morgan fingerprint density at radius 3 is 2.46 bits per heavy atom. The second kappa shape index (κ2) is 22.2. The van der Waals surface area contributed by atoms with Crippen molar-refractivity contribution in [1.82, 2.24) is 56.1 Å². The molecule has 6 amide bonds. The molecule has 0 radical (unpaired) electrons. The maximum absolute atomic E-state index is 14.7. The van der Waals surface area contributed by atoms with Gasteiger partial charge in [-0.3, -0.25) is 33.4 Å². The number of rotatable bonds is 20. The van der Waals surface area contributed by atoms with Crippen LogP contribution in [0.15, 0.2) is 54.3 Å². The number of aliphatic hydroxyl groups is 1. The fourth-order valence-corrected chi connectivity index (χ4v) is 8.72. The van der Waals surface area contributed by atoms with Crippen molar-refractivity contribution in [3.8, 4) is 33.3 Å². The number of thiazole rings is 1. The number of benzene rings is 2. The van der Waals surface area contributed by atoms with Crippen molar-refractivity contribution in [2.45, 2.75) is 90.2 Å². The average molecular weight is 1010 g/mol. The number of para-hydroxylation sites is 1. The number of nitrogens with zero attached hydrogens (tertiary/aromatic N) is 7. The molecule has 1 saturated heterocycles. The number of methoxy groups -OCH3 is 1. The summed E-state index contributed by atoms with van der Waals surface area (Å²) in [6.07, 6.45) is 0.900. The number of likely N-dealkylation sites (tertiary alicyclic amines) is 1. The van der Waals surface area contributed by atoms with Crippen LogP contribution in [-0.4, -0.2) is 133 Å². The number of anilines is 3. The number of aromatic nitrogens is 6. The van der Waals surface area contributed by atoms with Gasteiger partial charge >= 0.3 is 0 Å². The number of hydrogen-bond acceptors (Lipinski definition) is 16. The fourth-order valence-electron chi connectivity index (χ4n) is 7.92. The van der Waals surface area contributed by atoms with Gasteiger partial charge in [0, 0.05) is 51.7 Å². The Morgan fingerprint density at radius 2 is 1.79 bits per heavy atom. The average Bonchev–Trinajstić information content (AvgIpc) is 3.60. The quantitative estimate of drug-likeness (QED) is 0.0551. The Hall–Kier alpha value is -7.60. The summed E-state index contributed by atoms with van der Waals surface area (Å²) in [6, 6.07) is 9.94. The number of amides is 6. The summed E-state index contributed by atoms with van der Waals surface area (Å²) in [7, 11) is 4.66. The van der Waals surface area contributed by atoms with Gasteiger partial charge in [0.25, 0.3) is 11.8 Å². The lowest BCUT2D eigenvalue weighted by molar-refractivity contribution is -0.145. The highest BCUT2D eigenvalue weighted by molar-refractivity contribution is 7.13. The smallest absolute Gasteiger partial charge is 0.273 e. The van der Waals surface area contributed by atoms with Gasteiger partial charge in [0.1, 0.15) is 24.2 Å². The van der Waals surface area contributed by atoms with Crippen molar-refractivity contribution in [1.29, 1.82) is 0 Å². The lowest BCUT2D eigenvalue weighted by Gasteiger charge is -2.35. The predicted molar refractivity (Wildman–Crippen MR) is 263 cm³/mol. The van der Waals surface area contributed by atoms with Crippen molar-refractivity contribution in [3.63, 3.8) is 0 Å². The van der Waals surface area contributed by atoms with E-state index in [0.717, 1.165) is 16.1 Å². The Kier molecular flexibility index (Phi) is 16.1. The van der Waals surface area contributed by atoms with Crippen molar-refractivity contribution in [2.24, 2.45) is 12.5 Å². The zero-order valence-electron chi connectivity index (χ0n) is 40.9. The summed E-state index contributed by atoms with van der Waals surface area (Å²) in [5, 5.41) is 39.3. The summed E-state index contributed by atoms with van der Waals surface area (Å²) < 4.78 is 28.1. The molecule has 3 atom stereocenters. The van der Waals surface area contributed by atoms with Gasteiger partial charge in [-0.25, -0.2) is 14.4 Å². The van der Waals surface area contributed by atoms with Gasteiger partial charge in [0.05, 0.1) is 59.4 Å². The van der Waals surface area contributed by atoms with E-state index in [2.05, 4.69) is 57.2 Å². The van der Waals surface area contributed by atoms with Gasteiger partial charge in [-0.2, -0.15) is 5.10 Å². The van der Waals surface area contributed by atoms with Crippen molar-refractivity contribution >= 4 is 64.0 Å². The van der Waals surface area contributed by atoms with Crippen LogP contribution >= 0.6 is 11.3 Å². The van der Waals surface area contributed by atoms with E-state index in [0.29, 0.717) is 34.1 Å². The normalized spacial score (nSPS) is 16.3. The zero-order valence-corrected chi connectivity index (χ0v) is 41.7. The van der Waals surface area contributed by atoms with Crippen LogP contribution in [-0.2, 0) is 37.6 Å². The molecule has 22 nitrogen and oxygen atoms in total. The molecular formula is C48H58FN13O9S. The summed E-state index contributed by atoms with van der Waals surface area (Å²) in [4.78, 5) is 90.0. The topological polar surface area (TPSA) is 286 Å². The number of aryl methyl sites for hydroxylation is 2. The maximum Gasteiger partial charge on any atom is 0.273 e. The third-order valence-electron chi connectivity index (χ3n) is 12.0. The predicted octanol–water partition coefficient (Wildman–Crippen LogP) is 3.34. The molecule has 382 valence electrons. The van der Waals surface area contributed by atoms with Gasteiger partial charge in [-0.1, -0.05) is 39.0 Å². The largest absolute Gasteiger partial charge is 0.494 e. The summed E-state index contributed by atoms with van der Waals surface area (Å²) in [5.74, 6) is -2.38. The van der Waals surface area contributed by atoms with Gasteiger partial charge in [0.2, 0.25) is 23.6 Å². The first-order valence-electron chi connectivity index (χ1n) is 23.2. The van der Waals surface area contributed by atoms with Crippen LogP contribution < -0.4 is 41.4 Å². The molecule has 0 unspecified atom stereocenters. The highest BCUT2D eigenvalue weighted by Gasteiger charge is 2.53.